The van der Waals surface area contributed by atoms with Gasteiger partial charge in [-0.15, -0.1) is 0 Å². The number of anilines is 1. The van der Waals surface area contributed by atoms with Crippen LogP contribution in [-0.2, 0) is 6.42 Å². The smallest absolute Gasteiger partial charge is 0.193 e. The van der Waals surface area contributed by atoms with Crippen LogP contribution in [0.3, 0.4) is 0 Å². The van der Waals surface area contributed by atoms with E-state index >= 15 is 0 Å². The summed E-state index contributed by atoms with van der Waals surface area (Å²) in [5.74, 6) is -0.652. The Kier molecular flexibility index (Phi) is 4.73. The summed E-state index contributed by atoms with van der Waals surface area (Å²) in [4.78, 5) is 12.4. The van der Waals surface area contributed by atoms with Gasteiger partial charge in [-0.2, -0.15) is 0 Å². The fourth-order valence-electron chi connectivity index (χ4n) is 2.20. The Hall–Kier alpha value is -2.16. The molecule has 0 aliphatic heterocycles. The fraction of sp³-hybridized carbons (Fsp3) is 0.278. The van der Waals surface area contributed by atoms with Crippen LogP contribution in [0.25, 0.3) is 0 Å². The molecule has 0 saturated heterocycles. The summed E-state index contributed by atoms with van der Waals surface area (Å²) in [7, 11) is 0. The first-order valence-corrected chi connectivity index (χ1v) is 7.22. The number of carbonyl (C=O) groups excluding carboxylic acids is 1. The minimum Gasteiger partial charge on any atom is -0.398 e. The monoisotopic (exact) mass is 285 g/mol. The largest absolute Gasteiger partial charge is 0.398 e. The first-order chi connectivity index (χ1) is 10.0. The zero-order valence-electron chi connectivity index (χ0n) is 12.4. The van der Waals surface area contributed by atoms with Crippen LogP contribution in [0, 0.1) is 12.7 Å². The molecule has 0 spiro atoms. The van der Waals surface area contributed by atoms with Crippen LogP contribution in [0.1, 0.15) is 46.8 Å². The van der Waals surface area contributed by atoms with Crippen LogP contribution in [0.2, 0.25) is 0 Å². The Morgan fingerprint density at radius 3 is 2.38 bits per heavy atom. The van der Waals surface area contributed by atoms with Crippen molar-refractivity contribution in [1.82, 2.24) is 0 Å². The SMILES string of the molecule is CCCCc1ccc(C(=O)c2cc(N)c(C)c(F)c2)cc1. The molecule has 2 N–H and O–H groups in total. The number of hydrogen-bond acceptors (Lipinski definition) is 2. The molecule has 2 aromatic carbocycles. The molecule has 0 aromatic heterocycles. The molecule has 2 aromatic rings. The highest BCUT2D eigenvalue weighted by atomic mass is 19.1. The van der Waals surface area contributed by atoms with Crippen molar-refractivity contribution in [2.75, 3.05) is 5.73 Å². The molecular formula is C18H20FNO. The van der Waals surface area contributed by atoms with Gasteiger partial charge in [0.25, 0.3) is 0 Å². The number of halogens is 1. The highest BCUT2D eigenvalue weighted by Crippen LogP contribution is 2.20. The zero-order valence-corrected chi connectivity index (χ0v) is 12.4. The minimum atomic E-state index is -0.446. The van der Waals surface area contributed by atoms with Crippen LogP contribution in [0.5, 0.6) is 0 Å². The number of aryl methyl sites for hydroxylation is 1. The molecule has 0 unspecified atom stereocenters. The van der Waals surface area contributed by atoms with Crippen molar-refractivity contribution in [1.29, 1.82) is 0 Å². The third-order valence-electron chi connectivity index (χ3n) is 3.68. The molecule has 0 fully saturated rings. The van der Waals surface area contributed by atoms with Crippen molar-refractivity contribution in [2.45, 2.75) is 33.1 Å². The molecular weight excluding hydrogens is 265 g/mol. The molecule has 110 valence electrons. The van der Waals surface area contributed by atoms with E-state index < -0.39 is 5.82 Å². The van der Waals surface area contributed by atoms with Crippen molar-refractivity contribution >= 4 is 11.5 Å². The first kappa shape index (κ1) is 15.2. The van der Waals surface area contributed by atoms with Crippen LogP contribution in [-0.4, -0.2) is 5.78 Å². The Bertz CT molecular complexity index is 624. The molecule has 2 nitrogen and oxygen atoms in total. The van der Waals surface area contributed by atoms with E-state index in [4.69, 9.17) is 5.73 Å². The van der Waals surface area contributed by atoms with Gasteiger partial charge in [0.1, 0.15) is 5.82 Å². The van der Waals surface area contributed by atoms with E-state index in [0.29, 0.717) is 16.8 Å². The Balaban J connectivity index is 2.24. The Labute approximate surface area is 124 Å². The van der Waals surface area contributed by atoms with Gasteiger partial charge in [0.2, 0.25) is 0 Å². The molecule has 3 heteroatoms. The van der Waals surface area contributed by atoms with Crippen LogP contribution < -0.4 is 5.73 Å². The molecule has 0 heterocycles. The number of ketones is 1. The number of carbonyl (C=O) groups is 1. The van der Waals surface area contributed by atoms with Gasteiger partial charge < -0.3 is 5.73 Å². The van der Waals surface area contributed by atoms with Gasteiger partial charge in [-0.05, 0) is 37.5 Å². The lowest BCUT2D eigenvalue weighted by molar-refractivity contribution is 0.103. The third-order valence-corrected chi connectivity index (χ3v) is 3.68. The quantitative estimate of drug-likeness (QED) is 0.658. The van der Waals surface area contributed by atoms with Gasteiger partial charge in [0, 0.05) is 22.4 Å². The lowest BCUT2D eigenvalue weighted by Crippen LogP contribution is -2.05. The standard InChI is InChI=1S/C18H20FNO/c1-3-4-5-13-6-8-14(9-7-13)18(21)15-10-16(19)12(2)17(20)11-15/h6-11H,3-5,20H2,1-2H3. The van der Waals surface area contributed by atoms with Crippen LogP contribution in [0.4, 0.5) is 10.1 Å². The van der Waals surface area contributed by atoms with Gasteiger partial charge in [-0.3, -0.25) is 4.79 Å². The second-order valence-corrected chi connectivity index (χ2v) is 5.30. The summed E-state index contributed by atoms with van der Waals surface area (Å²) >= 11 is 0. The molecule has 0 aliphatic rings. The van der Waals surface area contributed by atoms with Crippen molar-refractivity contribution in [2.24, 2.45) is 0 Å². The second-order valence-electron chi connectivity index (χ2n) is 5.30. The second kappa shape index (κ2) is 6.53. The number of nitrogens with two attached hydrogens (primary N) is 1. The highest BCUT2D eigenvalue weighted by molar-refractivity contribution is 6.09. The predicted molar refractivity (Wildman–Crippen MR) is 84.0 cm³/mol. The van der Waals surface area contributed by atoms with E-state index in [0.717, 1.165) is 19.3 Å². The molecule has 0 aliphatic carbocycles. The number of hydrogen-bond donors (Lipinski definition) is 1. The topological polar surface area (TPSA) is 43.1 Å². The number of nitrogen functional groups attached to an aromatic ring is 1. The summed E-state index contributed by atoms with van der Waals surface area (Å²) in [5, 5.41) is 0. The average molecular weight is 285 g/mol. The first-order valence-electron chi connectivity index (χ1n) is 7.22. The lowest BCUT2D eigenvalue weighted by atomic mass is 9.99. The fourth-order valence-corrected chi connectivity index (χ4v) is 2.20. The van der Waals surface area contributed by atoms with Crippen LogP contribution in [0.15, 0.2) is 36.4 Å². The van der Waals surface area contributed by atoms with Gasteiger partial charge in [-0.25, -0.2) is 4.39 Å². The maximum atomic E-state index is 13.7. The molecule has 0 saturated carbocycles. The maximum absolute atomic E-state index is 13.7. The van der Waals surface area contributed by atoms with E-state index in [-0.39, 0.29) is 11.3 Å². The van der Waals surface area contributed by atoms with Gasteiger partial charge in [0.15, 0.2) is 5.78 Å². The van der Waals surface area contributed by atoms with Crippen molar-refractivity contribution < 1.29 is 9.18 Å². The summed E-state index contributed by atoms with van der Waals surface area (Å²) < 4.78 is 13.7. The van der Waals surface area contributed by atoms with E-state index in [1.54, 1.807) is 19.1 Å². The number of benzene rings is 2. The summed E-state index contributed by atoms with van der Waals surface area (Å²) in [6.45, 7) is 3.75. The van der Waals surface area contributed by atoms with Crippen molar-refractivity contribution in [3.05, 3.63) is 64.5 Å². The van der Waals surface area contributed by atoms with E-state index in [1.165, 1.54) is 17.7 Å². The molecule has 0 amide bonds. The predicted octanol–water partition coefficient (Wildman–Crippen LogP) is 4.29. The average Bonchev–Trinajstić information content (AvgIpc) is 2.50. The highest BCUT2D eigenvalue weighted by Gasteiger charge is 2.13. The van der Waals surface area contributed by atoms with Crippen molar-refractivity contribution in [3.8, 4) is 0 Å². The third kappa shape index (κ3) is 3.48. The molecule has 0 radical (unpaired) electrons. The summed E-state index contributed by atoms with van der Waals surface area (Å²) in [6, 6.07) is 10.3. The van der Waals surface area contributed by atoms with E-state index in [2.05, 4.69) is 6.92 Å². The molecule has 21 heavy (non-hydrogen) atoms. The number of rotatable bonds is 5. The minimum absolute atomic E-state index is 0.206. The van der Waals surface area contributed by atoms with Crippen molar-refractivity contribution in [3.63, 3.8) is 0 Å². The molecule has 0 atom stereocenters. The normalized spacial score (nSPS) is 10.6. The van der Waals surface area contributed by atoms with Crippen LogP contribution >= 0.6 is 0 Å². The van der Waals surface area contributed by atoms with Gasteiger partial charge in [-0.1, -0.05) is 37.6 Å². The van der Waals surface area contributed by atoms with E-state index in [1.807, 2.05) is 12.1 Å². The zero-order chi connectivity index (χ0) is 15.4. The number of unbranched alkanes of at least 4 members (excludes halogenated alkanes) is 1. The summed E-state index contributed by atoms with van der Waals surface area (Å²) in [6.07, 6.45) is 3.28. The van der Waals surface area contributed by atoms with Gasteiger partial charge in [0.05, 0.1) is 0 Å². The van der Waals surface area contributed by atoms with E-state index in [9.17, 15) is 9.18 Å². The Morgan fingerprint density at radius 1 is 1.14 bits per heavy atom. The molecule has 2 rings (SSSR count). The maximum Gasteiger partial charge on any atom is 0.193 e. The molecule has 0 bridgehead atoms. The lowest BCUT2D eigenvalue weighted by Gasteiger charge is -2.07. The van der Waals surface area contributed by atoms with Gasteiger partial charge >= 0.3 is 0 Å². The summed E-state index contributed by atoms with van der Waals surface area (Å²) in [5.41, 5.74) is 8.46. The Morgan fingerprint density at radius 2 is 1.81 bits per heavy atom.